The summed E-state index contributed by atoms with van der Waals surface area (Å²) in [6.07, 6.45) is 2.54. The second kappa shape index (κ2) is 4.17. The van der Waals surface area contributed by atoms with Crippen LogP contribution >= 0.6 is 0 Å². The number of hydrogen-bond donors (Lipinski definition) is 1. The van der Waals surface area contributed by atoms with Crippen LogP contribution in [0.15, 0.2) is 36.4 Å². The molecule has 0 aliphatic rings. The Hall–Kier alpha value is -1.77. The lowest BCUT2D eigenvalue weighted by Gasteiger charge is -2.21. The molecule has 0 amide bonds. The van der Waals surface area contributed by atoms with Crippen molar-refractivity contribution in [2.75, 3.05) is 0 Å². The van der Waals surface area contributed by atoms with Gasteiger partial charge in [-0.1, -0.05) is 32.1 Å². The summed E-state index contributed by atoms with van der Waals surface area (Å²) in [5.74, 6) is -1.05. The van der Waals surface area contributed by atoms with Crippen molar-refractivity contribution in [3.05, 3.63) is 42.0 Å². The number of allylic oxidation sites excluding steroid dienone is 1. The highest BCUT2D eigenvalue weighted by Crippen LogP contribution is 2.26. The summed E-state index contributed by atoms with van der Waals surface area (Å²) in [6.45, 7) is 3.72. The minimum Gasteiger partial charge on any atom is -0.545 e. The van der Waals surface area contributed by atoms with Crippen molar-refractivity contribution in [3.63, 3.8) is 0 Å². The number of aromatic hydroxyl groups is 1. The largest absolute Gasteiger partial charge is 0.545 e. The second-order valence-corrected chi connectivity index (χ2v) is 3.92. The van der Waals surface area contributed by atoms with Gasteiger partial charge in [-0.25, -0.2) is 0 Å². The maximum atomic E-state index is 10.3. The number of carboxylic acids is 1. The smallest absolute Gasteiger partial charge is 0.115 e. The predicted octanol–water partition coefficient (Wildman–Crippen LogP) is 0.976. The summed E-state index contributed by atoms with van der Waals surface area (Å²) >= 11 is 0. The quantitative estimate of drug-likeness (QED) is 0.748. The minimum atomic E-state index is -1.22. The molecule has 0 spiro atoms. The van der Waals surface area contributed by atoms with Crippen molar-refractivity contribution in [1.82, 2.24) is 0 Å². The molecule has 15 heavy (non-hydrogen) atoms. The molecule has 3 heteroatoms. The Bertz CT molecular complexity index is 392. The number of carbonyl (C=O) groups is 1. The molecule has 1 aromatic carbocycles. The Balaban J connectivity index is 3.00. The summed E-state index contributed by atoms with van der Waals surface area (Å²) in [6, 6.07) is 6.74. The third-order valence-electron chi connectivity index (χ3n) is 2.23. The first kappa shape index (κ1) is 11.3. The molecule has 80 valence electrons. The van der Waals surface area contributed by atoms with Gasteiger partial charge in [0.2, 0.25) is 0 Å². The molecule has 0 aromatic heterocycles. The molecular formula is C12H13O3-. The van der Waals surface area contributed by atoms with E-state index in [-0.39, 0.29) is 5.75 Å². The van der Waals surface area contributed by atoms with Crippen LogP contribution in [0.4, 0.5) is 0 Å². The van der Waals surface area contributed by atoms with E-state index in [1.54, 1.807) is 18.2 Å². The first-order valence-corrected chi connectivity index (χ1v) is 4.61. The van der Waals surface area contributed by atoms with Gasteiger partial charge in [0.05, 0.1) is 5.97 Å². The van der Waals surface area contributed by atoms with Crippen molar-refractivity contribution < 1.29 is 15.0 Å². The van der Waals surface area contributed by atoms with Gasteiger partial charge in [0.25, 0.3) is 0 Å². The molecule has 0 saturated heterocycles. The Morgan fingerprint density at radius 1 is 1.47 bits per heavy atom. The van der Waals surface area contributed by atoms with Crippen molar-refractivity contribution >= 4 is 5.97 Å². The topological polar surface area (TPSA) is 60.4 Å². The minimum absolute atomic E-state index is 0.169. The molecule has 0 unspecified atom stereocenters. The highest BCUT2D eigenvalue weighted by molar-refractivity contribution is 5.78. The third-order valence-corrected chi connectivity index (χ3v) is 2.23. The van der Waals surface area contributed by atoms with E-state index in [1.807, 2.05) is 19.9 Å². The molecule has 0 aliphatic carbocycles. The Morgan fingerprint density at radius 2 is 2.13 bits per heavy atom. The molecule has 0 atom stereocenters. The lowest BCUT2D eigenvalue weighted by molar-refractivity contribution is -0.297. The molecule has 0 heterocycles. The maximum Gasteiger partial charge on any atom is 0.115 e. The van der Waals surface area contributed by atoms with E-state index in [4.69, 9.17) is 0 Å². The Kier molecular flexibility index (Phi) is 3.14. The highest BCUT2D eigenvalue weighted by atomic mass is 16.4. The van der Waals surface area contributed by atoms with Gasteiger partial charge in [0.15, 0.2) is 0 Å². The van der Waals surface area contributed by atoms with E-state index >= 15 is 0 Å². The second-order valence-electron chi connectivity index (χ2n) is 3.92. The zero-order valence-electron chi connectivity index (χ0n) is 8.73. The number of phenolic OH excluding ortho intramolecular Hbond substituents is 1. The van der Waals surface area contributed by atoms with Crippen molar-refractivity contribution in [3.8, 4) is 5.75 Å². The van der Waals surface area contributed by atoms with Gasteiger partial charge < -0.3 is 15.0 Å². The van der Waals surface area contributed by atoms with Gasteiger partial charge in [-0.3, -0.25) is 0 Å². The number of carbonyl (C=O) groups excluding carboxylic acids is 1. The van der Waals surface area contributed by atoms with Crippen LogP contribution in [-0.2, 0) is 10.2 Å². The summed E-state index contributed by atoms with van der Waals surface area (Å²) in [7, 11) is 0. The van der Waals surface area contributed by atoms with Gasteiger partial charge >= 0.3 is 0 Å². The van der Waals surface area contributed by atoms with Crippen molar-refractivity contribution in [2.45, 2.75) is 19.3 Å². The zero-order valence-corrected chi connectivity index (χ0v) is 8.73. The lowest BCUT2D eigenvalue weighted by atomic mass is 9.84. The Morgan fingerprint density at radius 3 is 2.67 bits per heavy atom. The molecule has 0 aliphatic heterocycles. The number of phenols is 1. The number of benzene rings is 1. The van der Waals surface area contributed by atoms with Crippen molar-refractivity contribution in [1.29, 1.82) is 0 Å². The van der Waals surface area contributed by atoms with Crippen LogP contribution in [0.3, 0.4) is 0 Å². The fourth-order valence-corrected chi connectivity index (χ4v) is 1.28. The van der Waals surface area contributed by atoms with Gasteiger partial charge in [0, 0.05) is 5.41 Å². The first-order chi connectivity index (χ1) is 6.92. The first-order valence-electron chi connectivity index (χ1n) is 4.61. The molecular weight excluding hydrogens is 192 g/mol. The molecule has 3 nitrogen and oxygen atoms in total. The molecule has 0 radical (unpaired) electrons. The highest BCUT2D eigenvalue weighted by Gasteiger charge is 2.16. The van der Waals surface area contributed by atoms with Crippen LogP contribution in [0.1, 0.15) is 19.4 Å². The molecule has 1 N–H and O–H groups in total. The van der Waals surface area contributed by atoms with Crippen LogP contribution in [-0.4, -0.2) is 11.1 Å². The van der Waals surface area contributed by atoms with E-state index in [1.165, 1.54) is 6.08 Å². The van der Waals surface area contributed by atoms with E-state index in [0.29, 0.717) is 0 Å². The van der Waals surface area contributed by atoms with Gasteiger partial charge in [-0.05, 0) is 23.8 Å². The average Bonchev–Trinajstić information content (AvgIpc) is 2.15. The lowest BCUT2D eigenvalue weighted by Crippen LogP contribution is -2.21. The van der Waals surface area contributed by atoms with Crippen LogP contribution in [0.2, 0.25) is 0 Å². The SMILES string of the molecule is CC(C)(/C=C/C(=O)[O-])c1cccc(O)c1. The molecule has 1 aromatic rings. The fourth-order valence-electron chi connectivity index (χ4n) is 1.28. The number of hydrogen-bond acceptors (Lipinski definition) is 3. The van der Waals surface area contributed by atoms with Gasteiger partial charge in [-0.2, -0.15) is 0 Å². The standard InChI is InChI=1S/C12H14O3/c1-12(2,7-6-11(14)15)9-4-3-5-10(13)8-9/h3-8,13H,1-2H3,(H,14,15)/p-1/b7-6+. The van der Waals surface area contributed by atoms with Crippen LogP contribution < -0.4 is 5.11 Å². The molecule has 0 saturated carbocycles. The summed E-state index contributed by atoms with van der Waals surface area (Å²) in [5, 5.41) is 19.6. The van der Waals surface area contributed by atoms with E-state index in [2.05, 4.69) is 0 Å². The normalized spacial score (nSPS) is 11.9. The van der Waals surface area contributed by atoms with E-state index < -0.39 is 11.4 Å². The monoisotopic (exact) mass is 205 g/mol. The number of carboxylic acid groups (broad SMARTS) is 1. The van der Waals surface area contributed by atoms with Crippen LogP contribution in [0.25, 0.3) is 0 Å². The molecule has 0 bridgehead atoms. The molecule has 0 fully saturated rings. The summed E-state index contributed by atoms with van der Waals surface area (Å²) < 4.78 is 0. The molecule has 1 rings (SSSR count). The Labute approximate surface area is 88.7 Å². The summed E-state index contributed by atoms with van der Waals surface area (Å²) in [4.78, 5) is 10.3. The van der Waals surface area contributed by atoms with Crippen molar-refractivity contribution in [2.24, 2.45) is 0 Å². The van der Waals surface area contributed by atoms with Crippen LogP contribution in [0, 0.1) is 0 Å². The van der Waals surface area contributed by atoms with Crippen LogP contribution in [0.5, 0.6) is 5.75 Å². The maximum absolute atomic E-state index is 10.3. The van der Waals surface area contributed by atoms with Gasteiger partial charge in [-0.15, -0.1) is 0 Å². The average molecular weight is 205 g/mol. The fraction of sp³-hybridized carbons (Fsp3) is 0.250. The van der Waals surface area contributed by atoms with E-state index in [0.717, 1.165) is 11.6 Å². The zero-order chi connectivity index (χ0) is 11.5. The predicted molar refractivity (Wildman–Crippen MR) is 55.3 cm³/mol. The van der Waals surface area contributed by atoms with E-state index in [9.17, 15) is 15.0 Å². The summed E-state index contributed by atoms with van der Waals surface area (Å²) in [5.41, 5.74) is 0.402. The van der Waals surface area contributed by atoms with Gasteiger partial charge in [0.1, 0.15) is 5.75 Å². The third kappa shape index (κ3) is 3.13. The number of rotatable bonds is 3. The number of aliphatic carboxylic acids is 1.